The molecule has 2 aromatic heterocycles. The molecular formula is C27H38N4O2S. The number of hydrogen-bond acceptors (Lipinski definition) is 4. The molecule has 0 saturated carbocycles. The van der Waals surface area contributed by atoms with E-state index in [1.54, 1.807) is 6.26 Å². The first-order chi connectivity index (χ1) is 16.3. The number of H-pyrrole nitrogens is 2. The molecule has 1 aliphatic carbocycles. The van der Waals surface area contributed by atoms with E-state index < -0.39 is 10.8 Å². The molecule has 2 heterocycles. The lowest BCUT2D eigenvalue weighted by atomic mass is 9.68. The Kier molecular flexibility index (Phi) is 7.33. The molecule has 1 unspecified atom stereocenters. The molecule has 0 saturated heterocycles. The normalized spacial score (nSPS) is 14.5. The summed E-state index contributed by atoms with van der Waals surface area (Å²) in [6.07, 6.45) is 10.6. The molecule has 4 rings (SSSR count). The van der Waals surface area contributed by atoms with Crippen LogP contribution in [0.3, 0.4) is 0 Å². The van der Waals surface area contributed by atoms with Crippen LogP contribution >= 0.6 is 0 Å². The predicted molar refractivity (Wildman–Crippen MR) is 142 cm³/mol. The summed E-state index contributed by atoms with van der Waals surface area (Å²) in [5, 5.41) is 21.2. The number of hydrogen-bond donors (Lipinski definition) is 3. The maximum absolute atomic E-state index is 11.8. The molecule has 3 aromatic rings. The van der Waals surface area contributed by atoms with Gasteiger partial charge in [0.25, 0.3) is 0 Å². The van der Waals surface area contributed by atoms with Crippen molar-refractivity contribution >= 4 is 27.4 Å². The van der Waals surface area contributed by atoms with Crippen LogP contribution in [-0.4, -0.2) is 43.2 Å². The molecule has 0 fully saturated rings. The van der Waals surface area contributed by atoms with E-state index >= 15 is 0 Å². The Labute approximate surface area is 205 Å². The fourth-order valence-electron chi connectivity index (χ4n) is 5.77. The standard InChI is InChI=1S/C27H38N4O2S/c1-6-11-27(12-7-2,18(3)4)22-16-23-21(15-24(22)31(32)13-14-34(5)33)20-10-8-9-19-17-28-30-25(19)26(20)29-23/h15-17,29,32H,3,6-14H2,1-2,4-5H3,(H,28,30). The molecule has 34 heavy (non-hydrogen) atoms. The lowest BCUT2D eigenvalue weighted by Gasteiger charge is -2.38. The van der Waals surface area contributed by atoms with Crippen molar-refractivity contribution in [2.45, 2.75) is 71.1 Å². The van der Waals surface area contributed by atoms with Crippen LogP contribution in [0.2, 0.25) is 0 Å². The highest BCUT2D eigenvalue weighted by molar-refractivity contribution is 7.84. The Balaban J connectivity index is 1.98. The van der Waals surface area contributed by atoms with Gasteiger partial charge in [-0.1, -0.05) is 38.8 Å². The maximum Gasteiger partial charge on any atom is 0.0847 e. The first-order valence-corrected chi connectivity index (χ1v) is 14.2. The molecule has 0 spiro atoms. The van der Waals surface area contributed by atoms with Crippen LogP contribution in [0.25, 0.3) is 22.3 Å². The van der Waals surface area contributed by atoms with Crippen LogP contribution in [0.15, 0.2) is 30.5 Å². The molecule has 0 aliphatic heterocycles. The topological polar surface area (TPSA) is 85.0 Å². The summed E-state index contributed by atoms with van der Waals surface area (Å²) in [5.74, 6) is 0.415. The highest BCUT2D eigenvalue weighted by atomic mass is 32.2. The number of aromatic nitrogens is 3. The second-order valence-electron chi connectivity index (χ2n) is 9.78. The number of hydroxylamine groups is 1. The Morgan fingerprint density at radius 2 is 1.97 bits per heavy atom. The molecule has 7 heteroatoms. The molecule has 0 radical (unpaired) electrons. The van der Waals surface area contributed by atoms with E-state index in [4.69, 9.17) is 0 Å². The van der Waals surface area contributed by atoms with Gasteiger partial charge in [0.15, 0.2) is 0 Å². The molecule has 1 aromatic carbocycles. The fraction of sp³-hybridized carbons (Fsp3) is 0.519. The molecule has 1 aliphatic rings. The van der Waals surface area contributed by atoms with Crippen molar-refractivity contribution in [2.75, 3.05) is 23.6 Å². The monoisotopic (exact) mass is 482 g/mol. The third-order valence-electron chi connectivity index (χ3n) is 7.42. The van der Waals surface area contributed by atoms with E-state index in [1.165, 1.54) is 16.2 Å². The lowest BCUT2D eigenvalue weighted by Crippen LogP contribution is -2.32. The van der Waals surface area contributed by atoms with Crippen molar-refractivity contribution in [1.29, 1.82) is 0 Å². The van der Waals surface area contributed by atoms with Crippen molar-refractivity contribution in [3.8, 4) is 11.4 Å². The highest BCUT2D eigenvalue weighted by Gasteiger charge is 2.36. The first-order valence-electron chi connectivity index (χ1n) is 12.5. The zero-order chi connectivity index (χ0) is 24.5. The van der Waals surface area contributed by atoms with E-state index in [0.717, 1.165) is 84.1 Å². The van der Waals surface area contributed by atoms with Crippen molar-refractivity contribution in [3.05, 3.63) is 47.2 Å². The predicted octanol–water partition coefficient (Wildman–Crippen LogP) is 6.03. The van der Waals surface area contributed by atoms with Gasteiger partial charge in [0.2, 0.25) is 0 Å². The number of allylic oxidation sites excluding steroid dienone is 1. The van der Waals surface area contributed by atoms with Crippen LogP contribution in [0, 0.1) is 0 Å². The second-order valence-corrected chi connectivity index (χ2v) is 11.3. The Morgan fingerprint density at radius 1 is 1.24 bits per heavy atom. The average molecular weight is 483 g/mol. The highest BCUT2D eigenvalue weighted by Crippen LogP contribution is 2.47. The summed E-state index contributed by atoms with van der Waals surface area (Å²) < 4.78 is 11.8. The number of nitrogens with zero attached hydrogens (tertiary/aromatic N) is 2. The molecule has 184 valence electrons. The Morgan fingerprint density at radius 3 is 2.62 bits per heavy atom. The van der Waals surface area contributed by atoms with Crippen molar-refractivity contribution < 1.29 is 9.42 Å². The van der Waals surface area contributed by atoms with Gasteiger partial charge in [-0.05, 0) is 67.9 Å². The van der Waals surface area contributed by atoms with Gasteiger partial charge in [0.1, 0.15) is 0 Å². The van der Waals surface area contributed by atoms with Gasteiger partial charge in [-0.25, -0.2) is 0 Å². The molecular weight excluding hydrogens is 444 g/mol. The van der Waals surface area contributed by atoms with Crippen LogP contribution in [-0.2, 0) is 29.1 Å². The van der Waals surface area contributed by atoms with Crippen molar-refractivity contribution in [2.24, 2.45) is 0 Å². The van der Waals surface area contributed by atoms with Crippen molar-refractivity contribution in [3.63, 3.8) is 0 Å². The number of anilines is 1. The van der Waals surface area contributed by atoms with Crippen LogP contribution in [0.1, 0.15) is 69.6 Å². The van der Waals surface area contributed by atoms with Gasteiger partial charge in [-0.3, -0.25) is 19.6 Å². The van der Waals surface area contributed by atoms with Crippen LogP contribution in [0.4, 0.5) is 5.69 Å². The van der Waals surface area contributed by atoms with Crippen molar-refractivity contribution in [1.82, 2.24) is 15.2 Å². The maximum atomic E-state index is 11.8. The summed E-state index contributed by atoms with van der Waals surface area (Å²) in [5.41, 5.74) is 8.56. The van der Waals surface area contributed by atoms with E-state index in [0.29, 0.717) is 12.3 Å². The lowest BCUT2D eigenvalue weighted by molar-refractivity contribution is 0.257. The SMILES string of the molecule is C=C(C)C(CCC)(CCC)c1cc2[nH]c3c(c2cc1N(O)CCS(C)=O)CCCc1cn[nH]c1-3. The number of fused-ring (bicyclic) bond motifs is 5. The molecule has 0 bridgehead atoms. The number of nitrogens with one attached hydrogen (secondary N) is 2. The summed E-state index contributed by atoms with van der Waals surface area (Å²) in [4.78, 5) is 3.70. The summed E-state index contributed by atoms with van der Waals surface area (Å²) >= 11 is 0. The largest absolute Gasteiger partial charge is 0.353 e. The smallest absolute Gasteiger partial charge is 0.0847 e. The van der Waals surface area contributed by atoms with Gasteiger partial charge in [-0.2, -0.15) is 5.10 Å². The minimum atomic E-state index is -0.984. The van der Waals surface area contributed by atoms with Gasteiger partial charge < -0.3 is 4.98 Å². The summed E-state index contributed by atoms with van der Waals surface area (Å²) in [6, 6.07) is 4.38. The minimum Gasteiger partial charge on any atom is -0.353 e. The first kappa shape index (κ1) is 24.7. The van der Waals surface area contributed by atoms with Crippen LogP contribution in [0.5, 0.6) is 0 Å². The Hall–Kier alpha value is -2.38. The number of aryl methyl sites for hydroxylation is 2. The summed E-state index contributed by atoms with van der Waals surface area (Å²) in [6.45, 7) is 11.3. The van der Waals surface area contributed by atoms with Gasteiger partial charge in [-0.15, -0.1) is 0 Å². The fourth-order valence-corrected chi connectivity index (χ4v) is 6.20. The quantitative estimate of drug-likeness (QED) is 0.243. The minimum absolute atomic E-state index is 0.235. The number of rotatable bonds is 10. The third kappa shape index (κ3) is 4.36. The van der Waals surface area contributed by atoms with E-state index in [-0.39, 0.29) is 5.41 Å². The Bertz CT molecular complexity index is 1200. The molecule has 3 N–H and O–H groups in total. The molecule has 6 nitrogen and oxygen atoms in total. The summed E-state index contributed by atoms with van der Waals surface area (Å²) in [7, 11) is -0.984. The average Bonchev–Trinajstić information content (AvgIpc) is 3.36. The molecule has 0 amide bonds. The zero-order valence-electron chi connectivity index (χ0n) is 21.0. The van der Waals surface area contributed by atoms with E-state index in [1.807, 2.05) is 6.20 Å². The zero-order valence-corrected chi connectivity index (χ0v) is 21.8. The number of benzene rings is 1. The molecule has 1 atom stereocenters. The van der Waals surface area contributed by atoms with Crippen LogP contribution < -0.4 is 5.06 Å². The third-order valence-corrected chi connectivity index (χ3v) is 8.18. The van der Waals surface area contributed by atoms with Gasteiger partial charge in [0.05, 0.1) is 29.8 Å². The van der Waals surface area contributed by atoms with Gasteiger partial charge in [0, 0.05) is 39.1 Å². The van der Waals surface area contributed by atoms with E-state index in [9.17, 15) is 9.42 Å². The second kappa shape index (κ2) is 10.1. The number of aromatic amines is 2. The van der Waals surface area contributed by atoms with Gasteiger partial charge >= 0.3 is 0 Å². The van der Waals surface area contributed by atoms with E-state index in [2.05, 4.69) is 54.7 Å².